The molecule has 4 heteroatoms. The van der Waals surface area contributed by atoms with Gasteiger partial charge in [-0.25, -0.2) is 4.79 Å². The van der Waals surface area contributed by atoms with Crippen molar-refractivity contribution < 1.29 is 14.3 Å². The Morgan fingerprint density at radius 1 is 1.44 bits per heavy atom. The number of hydrogen-bond acceptors (Lipinski definition) is 4. The Morgan fingerprint density at radius 3 is 2.38 bits per heavy atom. The smallest absolute Gasteiger partial charge is 0.438 e. The van der Waals surface area contributed by atoms with Crippen LogP contribution in [0.4, 0.5) is 10.5 Å². The van der Waals surface area contributed by atoms with Crippen LogP contribution in [-0.2, 0) is 16.1 Å². The third-order valence-electron chi connectivity index (χ3n) is 1.50. The molecule has 16 heavy (non-hydrogen) atoms. The molecule has 0 fully saturated rings. The van der Waals surface area contributed by atoms with Crippen LogP contribution in [0.15, 0.2) is 36.9 Å². The van der Waals surface area contributed by atoms with Gasteiger partial charge in [0.2, 0.25) is 0 Å². The van der Waals surface area contributed by atoms with Crippen LogP contribution in [-0.4, -0.2) is 13.3 Å². The first-order chi connectivity index (χ1) is 7.63. The normalized spacial score (nSPS) is 8.38. The Kier molecular flexibility index (Phi) is 7.32. The van der Waals surface area contributed by atoms with Crippen molar-refractivity contribution >= 4 is 11.8 Å². The fourth-order valence-corrected chi connectivity index (χ4v) is 0.815. The molecule has 0 radical (unpaired) electrons. The average Bonchev–Trinajstić information content (AvgIpc) is 2.29. The second-order valence-electron chi connectivity index (χ2n) is 2.89. The van der Waals surface area contributed by atoms with Crippen molar-refractivity contribution in [2.24, 2.45) is 0 Å². The SMILES string of the molecule is C=CC.COC(=O)OCc1ccc(N)cc1. The predicted molar refractivity (Wildman–Crippen MR) is 63.9 cm³/mol. The Balaban J connectivity index is 0.000000673. The van der Waals surface area contributed by atoms with Gasteiger partial charge in [-0.15, -0.1) is 6.58 Å². The van der Waals surface area contributed by atoms with E-state index in [1.54, 1.807) is 30.3 Å². The summed E-state index contributed by atoms with van der Waals surface area (Å²) in [4.78, 5) is 10.6. The number of allylic oxidation sites excluding steroid dienone is 1. The molecule has 0 aliphatic heterocycles. The molecule has 0 unspecified atom stereocenters. The fraction of sp³-hybridized carbons (Fsp3) is 0.250. The van der Waals surface area contributed by atoms with Crippen LogP contribution in [0.3, 0.4) is 0 Å². The molecular formula is C12H17NO3. The molecule has 0 atom stereocenters. The summed E-state index contributed by atoms with van der Waals surface area (Å²) >= 11 is 0. The molecule has 0 bridgehead atoms. The summed E-state index contributed by atoms with van der Waals surface area (Å²) in [5.74, 6) is 0. The first-order valence-corrected chi connectivity index (χ1v) is 4.76. The number of nitrogens with two attached hydrogens (primary N) is 1. The van der Waals surface area contributed by atoms with Crippen LogP contribution < -0.4 is 5.73 Å². The Labute approximate surface area is 95.7 Å². The highest BCUT2D eigenvalue weighted by Crippen LogP contribution is 2.06. The van der Waals surface area contributed by atoms with Gasteiger partial charge in [0.15, 0.2) is 0 Å². The topological polar surface area (TPSA) is 61.5 Å². The summed E-state index contributed by atoms with van der Waals surface area (Å²) < 4.78 is 9.02. The summed E-state index contributed by atoms with van der Waals surface area (Å²) in [6.07, 6.45) is 1.07. The van der Waals surface area contributed by atoms with Crippen molar-refractivity contribution in [1.82, 2.24) is 0 Å². The third kappa shape index (κ3) is 6.48. The minimum absolute atomic E-state index is 0.201. The molecule has 0 aliphatic carbocycles. The Hall–Kier alpha value is -1.97. The van der Waals surface area contributed by atoms with Crippen molar-refractivity contribution in [3.05, 3.63) is 42.5 Å². The fourth-order valence-electron chi connectivity index (χ4n) is 0.815. The van der Waals surface area contributed by atoms with Gasteiger partial charge in [0, 0.05) is 5.69 Å². The number of nitrogen functional groups attached to an aromatic ring is 1. The lowest BCUT2D eigenvalue weighted by molar-refractivity contribution is 0.0669. The van der Waals surface area contributed by atoms with Crippen LogP contribution in [0.1, 0.15) is 12.5 Å². The van der Waals surface area contributed by atoms with E-state index in [9.17, 15) is 4.79 Å². The van der Waals surface area contributed by atoms with Crippen molar-refractivity contribution in [3.8, 4) is 0 Å². The molecule has 1 aromatic rings. The van der Waals surface area contributed by atoms with Crippen LogP contribution in [0.25, 0.3) is 0 Å². The number of ether oxygens (including phenoxy) is 2. The van der Waals surface area contributed by atoms with Gasteiger partial charge in [-0.05, 0) is 24.6 Å². The van der Waals surface area contributed by atoms with Crippen molar-refractivity contribution in [3.63, 3.8) is 0 Å². The minimum atomic E-state index is -0.683. The molecule has 0 aliphatic rings. The second kappa shape index (κ2) is 8.35. The minimum Gasteiger partial charge on any atom is -0.438 e. The van der Waals surface area contributed by atoms with Gasteiger partial charge in [-0.1, -0.05) is 18.2 Å². The van der Waals surface area contributed by atoms with E-state index in [-0.39, 0.29) is 6.61 Å². The van der Waals surface area contributed by atoms with Crippen molar-refractivity contribution in [1.29, 1.82) is 0 Å². The molecule has 0 amide bonds. The van der Waals surface area contributed by atoms with Gasteiger partial charge in [0.25, 0.3) is 0 Å². The number of carbonyl (C=O) groups is 1. The van der Waals surface area contributed by atoms with Gasteiger partial charge in [-0.3, -0.25) is 0 Å². The van der Waals surface area contributed by atoms with Gasteiger partial charge in [0.05, 0.1) is 7.11 Å². The number of methoxy groups -OCH3 is 1. The van der Waals surface area contributed by atoms with E-state index in [2.05, 4.69) is 11.3 Å². The molecule has 88 valence electrons. The monoisotopic (exact) mass is 223 g/mol. The highest BCUT2D eigenvalue weighted by molar-refractivity contribution is 5.59. The standard InChI is InChI=1S/C9H11NO3.C3H6/c1-12-9(11)13-6-7-2-4-8(10)5-3-7;1-3-2/h2-5H,6,10H2,1H3;3H,1H2,2H3. The number of hydrogen-bond donors (Lipinski definition) is 1. The number of anilines is 1. The molecule has 2 N–H and O–H groups in total. The lowest BCUT2D eigenvalue weighted by Crippen LogP contribution is -2.03. The highest BCUT2D eigenvalue weighted by atomic mass is 16.7. The van der Waals surface area contributed by atoms with E-state index in [1.165, 1.54) is 7.11 Å². The first kappa shape index (κ1) is 14.0. The van der Waals surface area contributed by atoms with Crippen molar-refractivity contribution in [2.75, 3.05) is 12.8 Å². The van der Waals surface area contributed by atoms with Gasteiger partial charge >= 0.3 is 6.16 Å². The Morgan fingerprint density at radius 2 is 1.94 bits per heavy atom. The van der Waals surface area contributed by atoms with Gasteiger partial charge in [-0.2, -0.15) is 0 Å². The van der Waals surface area contributed by atoms with Gasteiger partial charge < -0.3 is 15.2 Å². The van der Waals surface area contributed by atoms with E-state index in [1.807, 2.05) is 6.92 Å². The maximum atomic E-state index is 10.6. The largest absolute Gasteiger partial charge is 0.508 e. The zero-order valence-electron chi connectivity index (χ0n) is 9.60. The third-order valence-corrected chi connectivity index (χ3v) is 1.50. The molecule has 4 nitrogen and oxygen atoms in total. The van der Waals surface area contributed by atoms with Crippen LogP contribution in [0.2, 0.25) is 0 Å². The summed E-state index contributed by atoms with van der Waals surface area (Å²) in [5, 5.41) is 0. The number of benzene rings is 1. The zero-order valence-corrected chi connectivity index (χ0v) is 9.60. The lowest BCUT2D eigenvalue weighted by Gasteiger charge is -2.02. The molecule has 0 saturated heterocycles. The molecule has 1 aromatic carbocycles. The summed E-state index contributed by atoms with van der Waals surface area (Å²) in [7, 11) is 1.27. The van der Waals surface area contributed by atoms with Crippen LogP contribution in [0, 0.1) is 0 Å². The lowest BCUT2D eigenvalue weighted by atomic mass is 10.2. The summed E-state index contributed by atoms with van der Waals surface area (Å²) in [6, 6.07) is 7.07. The summed E-state index contributed by atoms with van der Waals surface area (Å²) in [5.41, 5.74) is 7.03. The zero-order chi connectivity index (χ0) is 12.4. The molecule has 0 heterocycles. The van der Waals surface area contributed by atoms with Crippen molar-refractivity contribution in [2.45, 2.75) is 13.5 Å². The predicted octanol–water partition coefficient (Wildman–Crippen LogP) is 2.74. The summed E-state index contributed by atoms with van der Waals surface area (Å²) in [6.45, 7) is 5.45. The van der Waals surface area contributed by atoms with E-state index in [0.29, 0.717) is 5.69 Å². The molecular weight excluding hydrogens is 206 g/mol. The maximum Gasteiger partial charge on any atom is 0.508 e. The van der Waals surface area contributed by atoms with Crippen LogP contribution >= 0.6 is 0 Å². The number of rotatable bonds is 2. The van der Waals surface area contributed by atoms with E-state index < -0.39 is 6.16 Å². The average molecular weight is 223 g/mol. The van der Waals surface area contributed by atoms with Crippen LogP contribution in [0.5, 0.6) is 0 Å². The second-order valence-corrected chi connectivity index (χ2v) is 2.89. The Bertz CT molecular complexity index is 320. The maximum absolute atomic E-state index is 10.6. The molecule has 1 rings (SSSR count). The molecule has 0 spiro atoms. The van der Waals surface area contributed by atoms with Gasteiger partial charge in [0.1, 0.15) is 6.61 Å². The first-order valence-electron chi connectivity index (χ1n) is 4.76. The van der Waals surface area contributed by atoms with E-state index in [4.69, 9.17) is 10.5 Å². The highest BCUT2D eigenvalue weighted by Gasteiger charge is 2.00. The van der Waals surface area contributed by atoms with E-state index >= 15 is 0 Å². The quantitative estimate of drug-likeness (QED) is 0.475. The van der Waals surface area contributed by atoms with E-state index in [0.717, 1.165) is 5.56 Å². The molecule has 0 saturated carbocycles. The number of carbonyl (C=O) groups excluding carboxylic acids is 1. The molecule has 0 aromatic heterocycles.